The summed E-state index contributed by atoms with van der Waals surface area (Å²) in [7, 11) is 0. The average Bonchev–Trinajstić information content (AvgIpc) is 2.91. The fourth-order valence-corrected chi connectivity index (χ4v) is 3.23. The molecule has 1 aromatic rings. The topological polar surface area (TPSA) is 87.7 Å². The van der Waals surface area contributed by atoms with Gasteiger partial charge < -0.3 is 16.3 Å². The molecule has 1 fully saturated rings. The predicted molar refractivity (Wildman–Crippen MR) is 81.8 cm³/mol. The molecule has 2 rings (SSSR count). The highest BCUT2D eigenvalue weighted by Gasteiger charge is 2.45. The number of carbonyl (C=O) groups excluding carboxylic acids is 1. The Morgan fingerprint density at radius 3 is 2.65 bits per heavy atom. The van der Waals surface area contributed by atoms with Gasteiger partial charge in [0.2, 0.25) is 5.91 Å². The van der Waals surface area contributed by atoms with Gasteiger partial charge in [-0.2, -0.15) is 0 Å². The molecule has 4 N–H and O–H groups in total. The Kier molecular flexibility index (Phi) is 4.32. The Balaban J connectivity index is 2.26. The average molecular weight is 340 g/mol. The Bertz CT molecular complexity index is 551. The van der Waals surface area contributed by atoms with Crippen molar-refractivity contribution in [1.82, 2.24) is 0 Å². The first-order valence-corrected chi connectivity index (χ1v) is 7.34. The van der Waals surface area contributed by atoms with Crippen molar-refractivity contribution in [3.05, 3.63) is 28.2 Å². The van der Waals surface area contributed by atoms with Crippen LogP contribution in [0.1, 0.15) is 31.2 Å². The number of carbonyl (C=O) groups is 1. The molecule has 1 amide bonds. The van der Waals surface area contributed by atoms with Crippen LogP contribution in [0.25, 0.3) is 0 Å². The van der Waals surface area contributed by atoms with E-state index in [0.717, 1.165) is 22.9 Å². The minimum absolute atomic E-state index is 0.00395. The van der Waals surface area contributed by atoms with Gasteiger partial charge >= 0.3 is 0 Å². The van der Waals surface area contributed by atoms with Crippen LogP contribution in [-0.2, 0) is 4.79 Å². The van der Waals surface area contributed by atoms with Gasteiger partial charge in [-0.15, -0.1) is 0 Å². The van der Waals surface area contributed by atoms with Gasteiger partial charge in [0.1, 0.15) is 5.41 Å². The van der Waals surface area contributed by atoms with Crippen LogP contribution in [0.5, 0.6) is 0 Å². The van der Waals surface area contributed by atoms with Crippen LogP contribution in [0.2, 0.25) is 0 Å². The SMILES string of the molecule is Cc1ccc(NC(=O)C2(C(N)=NO)CCCC2)c(Br)c1. The smallest absolute Gasteiger partial charge is 0.238 e. The molecule has 0 unspecified atom stereocenters. The highest BCUT2D eigenvalue weighted by Crippen LogP contribution is 2.40. The Labute approximate surface area is 126 Å². The maximum absolute atomic E-state index is 12.6. The van der Waals surface area contributed by atoms with E-state index in [1.165, 1.54) is 0 Å². The summed E-state index contributed by atoms with van der Waals surface area (Å²) in [4.78, 5) is 12.6. The molecular weight excluding hydrogens is 322 g/mol. The Hall–Kier alpha value is -1.56. The van der Waals surface area contributed by atoms with Gasteiger partial charge in [0, 0.05) is 4.47 Å². The van der Waals surface area contributed by atoms with Crippen LogP contribution in [0, 0.1) is 12.3 Å². The molecule has 0 aromatic heterocycles. The zero-order chi connectivity index (χ0) is 14.8. The number of oxime groups is 1. The van der Waals surface area contributed by atoms with E-state index >= 15 is 0 Å². The molecule has 0 bridgehead atoms. The van der Waals surface area contributed by atoms with E-state index in [1.54, 1.807) is 0 Å². The maximum Gasteiger partial charge on any atom is 0.238 e. The van der Waals surface area contributed by atoms with E-state index in [1.807, 2.05) is 25.1 Å². The summed E-state index contributed by atoms with van der Waals surface area (Å²) in [6.45, 7) is 1.98. The van der Waals surface area contributed by atoms with E-state index in [2.05, 4.69) is 26.4 Å². The normalized spacial score (nSPS) is 18.0. The second-order valence-electron chi connectivity index (χ2n) is 5.21. The molecule has 0 aliphatic heterocycles. The lowest BCUT2D eigenvalue weighted by atomic mass is 9.83. The first-order chi connectivity index (χ1) is 9.49. The molecule has 108 valence electrons. The van der Waals surface area contributed by atoms with Crippen molar-refractivity contribution < 1.29 is 10.0 Å². The summed E-state index contributed by atoms with van der Waals surface area (Å²) in [6.07, 6.45) is 3.02. The fourth-order valence-electron chi connectivity index (χ4n) is 2.64. The molecule has 0 saturated heterocycles. The quantitative estimate of drug-likeness (QED) is 0.342. The second-order valence-corrected chi connectivity index (χ2v) is 6.07. The molecule has 5 nitrogen and oxygen atoms in total. The molecule has 0 spiro atoms. The zero-order valence-electron chi connectivity index (χ0n) is 11.3. The van der Waals surface area contributed by atoms with Crippen molar-refractivity contribution in [2.75, 3.05) is 5.32 Å². The number of anilines is 1. The third-order valence-electron chi connectivity index (χ3n) is 3.86. The molecule has 0 atom stereocenters. The number of nitrogens with two attached hydrogens (primary N) is 1. The molecule has 1 aliphatic rings. The lowest BCUT2D eigenvalue weighted by molar-refractivity contribution is -0.122. The van der Waals surface area contributed by atoms with Gasteiger partial charge in [-0.05, 0) is 53.4 Å². The number of nitrogens with one attached hydrogen (secondary N) is 1. The van der Waals surface area contributed by atoms with E-state index in [0.29, 0.717) is 18.5 Å². The molecular formula is C14H18BrN3O2. The number of nitrogens with zero attached hydrogens (tertiary/aromatic N) is 1. The monoisotopic (exact) mass is 339 g/mol. The van der Waals surface area contributed by atoms with Gasteiger partial charge in [-0.25, -0.2) is 0 Å². The molecule has 1 aromatic carbocycles. The standard InChI is InChI=1S/C14H18BrN3O2/c1-9-4-5-11(10(15)8-9)17-13(19)14(12(16)18-20)6-2-3-7-14/h4-5,8,20H,2-3,6-7H2,1H3,(H2,16,18)(H,17,19). The minimum atomic E-state index is -0.890. The summed E-state index contributed by atoms with van der Waals surface area (Å²) < 4.78 is 0.818. The lowest BCUT2D eigenvalue weighted by Gasteiger charge is -2.26. The third-order valence-corrected chi connectivity index (χ3v) is 4.52. The van der Waals surface area contributed by atoms with Crippen LogP contribution in [0.4, 0.5) is 5.69 Å². The van der Waals surface area contributed by atoms with E-state index in [4.69, 9.17) is 10.9 Å². The maximum atomic E-state index is 12.6. The van der Waals surface area contributed by atoms with Crippen LogP contribution in [-0.4, -0.2) is 17.0 Å². The Morgan fingerprint density at radius 2 is 2.10 bits per heavy atom. The van der Waals surface area contributed by atoms with Gasteiger partial charge in [0.05, 0.1) is 5.69 Å². The van der Waals surface area contributed by atoms with Crippen LogP contribution in [0.15, 0.2) is 27.8 Å². The van der Waals surface area contributed by atoms with Crippen LogP contribution < -0.4 is 11.1 Å². The van der Waals surface area contributed by atoms with E-state index in [-0.39, 0.29) is 11.7 Å². The van der Waals surface area contributed by atoms with Gasteiger partial charge in [0.25, 0.3) is 0 Å². The Morgan fingerprint density at radius 1 is 1.45 bits per heavy atom. The van der Waals surface area contributed by atoms with Gasteiger partial charge in [0.15, 0.2) is 5.84 Å². The van der Waals surface area contributed by atoms with Gasteiger partial charge in [-0.1, -0.05) is 24.1 Å². The van der Waals surface area contributed by atoms with Crippen molar-refractivity contribution in [3.8, 4) is 0 Å². The number of rotatable bonds is 3. The van der Waals surface area contributed by atoms with E-state index in [9.17, 15) is 4.79 Å². The molecule has 1 aliphatic carbocycles. The van der Waals surface area contributed by atoms with Crippen LogP contribution >= 0.6 is 15.9 Å². The number of hydrogen-bond donors (Lipinski definition) is 3. The molecule has 6 heteroatoms. The van der Waals surface area contributed by atoms with Crippen molar-refractivity contribution in [2.24, 2.45) is 16.3 Å². The zero-order valence-corrected chi connectivity index (χ0v) is 12.9. The first-order valence-electron chi connectivity index (χ1n) is 6.55. The number of halogens is 1. The number of amides is 1. The van der Waals surface area contributed by atoms with Crippen molar-refractivity contribution >= 4 is 33.4 Å². The van der Waals surface area contributed by atoms with Crippen molar-refractivity contribution in [1.29, 1.82) is 0 Å². The lowest BCUT2D eigenvalue weighted by Crippen LogP contribution is -2.45. The predicted octanol–water partition coefficient (Wildman–Crippen LogP) is 3.00. The first kappa shape index (κ1) is 14.8. The van der Waals surface area contributed by atoms with Gasteiger partial charge in [-0.3, -0.25) is 4.79 Å². The minimum Gasteiger partial charge on any atom is -0.409 e. The number of benzene rings is 1. The molecule has 0 radical (unpaired) electrons. The highest BCUT2D eigenvalue weighted by atomic mass is 79.9. The number of aryl methyl sites for hydroxylation is 1. The van der Waals surface area contributed by atoms with E-state index < -0.39 is 5.41 Å². The largest absolute Gasteiger partial charge is 0.409 e. The summed E-state index contributed by atoms with van der Waals surface area (Å²) in [5.41, 5.74) is 6.66. The second kappa shape index (κ2) is 5.83. The number of hydrogen-bond acceptors (Lipinski definition) is 3. The fraction of sp³-hybridized carbons (Fsp3) is 0.429. The van der Waals surface area contributed by atoms with Crippen molar-refractivity contribution in [2.45, 2.75) is 32.6 Å². The molecule has 20 heavy (non-hydrogen) atoms. The summed E-state index contributed by atoms with van der Waals surface area (Å²) >= 11 is 3.43. The molecule has 0 heterocycles. The van der Waals surface area contributed by atoms with Crippen LogP contribution in [0.3, 0.4) is 0 Å². The summed E-state index contributed by atoms with van der Waals surface area (Å²) in [6, 6.07) is 5.69. The highest BCUT2D eigenvalue weighted by molar-refractivity contribution is 9.10. The molecule has 1 saturated carbocycles. The summed E-state index contributed by atoms with van der Waals surface area (Å²) in [5, 5.41) is 14.9. The van der Waals surface area contributed by atoms with Crippen molar-refractivity contribution in [3.63, 3.8) is 0 Å². The third kappa shape index (κ3) is 2.65. The number of amidine groups is 1. The summed E-state index contributed by atoms with van der Waals surface area (Å²) in [5.74, 6) is -0.217.